The van der Waals surface area contributed by atoms with Crippen LogP contribution in [0.2, 0.25) is 5.02 Å². The molecule has 2 aromatic rings. The molecule has 1 saturated carbocycles. The molecule has 22 heavy (non-hydrogen) atoms. The van der Waals surface area contributed by atoms with Gasteiger partial charge in [0.15, 0.2) is 0 Å². The van der Waals surface area contributed by atoms with E-state index in [1.807, 2.05) is 18.2 Å². The van der Waals surface area contributed by atoms with E-state index in [1.54, 1.807) is 6.07 Å². The monoisotopic (exact) mass is 319 g/mol. The van der Waals surface area contributed by atoms with Crippen LogP contribution >= 0.6 is 11.6 Å². The summed E-state index contributed by atoms with van der Waals surface area (Å²) in [5, 5.41) is 17.7. The molecular weight excluding hydrogens is 306 g/mol. The van der Waals surface area contributed by atoms with Gasteiger partial charge in [0.25, 0.3) is 0 Å². The normalized spacial score (nSPS) is 13.7. The quantitative estimate of drug-likeness (QED) is 0.627. The van der Waals surface area contributed by atoms with Gasteiger partial charge in [0, 0.05) is 17.6 Å². The van der Waals surface area contributed by atoms with Crippen molar-refractivity contribution in [3.63, 3.8) is 0 Å². The van der Waals surface area contributed by atoms with E-state index < -0.39 is 4.92 Å². The number of anilines is 2. The summed E-state index contributed by atoms with van der Waals surface area (Å²) in [6, 6.07) is 7.70. The average molecular weight is 320 g/mol. The van der Waals surface area contributed by atoms with Crippen molar-refractivity contribution in [2.75, 3.05) is 10.6 Å². The zero-order valence-corrected chi connectivity index (χ0v) is 12.4. The Balaban J connectivity index is 1.76. The molecule has 3 rings (SSSR count). The van der Waals surface area contributed by atoms with Gasteiger partial charge >= 0.3 is 5.69 Å². The number of hydrogen-bond acceptors (Lipinski definition) is 6. The van der Waals surface area contributed by atoms with Crippen LogP contribution in [0.1, 0.15) is 18.4 Å². The van der Waals surface area contributed by atoms with Crippen LogP contribution < -0.4 is 10.6 Å². The molecule has 8 heteroatoms. The first-order valence-corrected chi connectivity index (χ1v) is 7.26. The molecule has 0 amide bonds. The van der Waals surface area contributed by atoms with Crippen molar-refractivity contribution in [3.8, 4) is 0 Å². The fraction of sp³-hybridized carbons (Fsp3) is 0.286. The molecule has 0 spiro atoms. The molecule has 1 fully saturated rings. The van der Waals surface area contributed by atoms with Gasteiger partial charge in [-0.25, -0.2) is 4.98 Å². The summed E-state index contributed by atoms with van der Waals surface area (Å²) >= 11 is 6.08. The highest BCUT2D eigenvalue weighted by Crippen LogP contribution is 2.29. The van der Waals surface area contributed by atoms with Crippen LogP contribution in [0.15, 0.2) is 30.5 Å². The zero-order valence-electron chi connectivity index (χ0n) is 11.6. The highest BCUT2D eigenvalue weighted by atomic mass is 35.5. The predicted molar refractivity (Wildman–Crippen MR) is 84.1 cm³/mol. The lowest BCUT2D eigenvalue weighted by molar-refractivity contribution is -0.384. The molecule has 0 unspecified atom stereocenters. The number of nitrogens with one attached hydrogen (secondary N) is 2. The Labute approximate surface area is 131 Å². The maximum Gasteiger partial charge on any atom is 0.329 e. The van der Waals surface area contributed by atoms with Crippen molar-refractivity contribution in [3.05, 3.63) is 51.2 Å². The summed E-state index contributed by atoms with van der Waals surface area (Å²) in [6.07, 6.45) is 3.22. The van der Waals surface area contributed by atoms with Gasteiger partial charge in [0.05, 0.1) is 4.92 Å². The topological polar surface area (TPSA) is 93.0 Å². The molecule has 0 saturated heterocycles. The maximum absolute atomic E-state index is 11.0. The van der Waals surface area contributed by atoms with E-state index in [2.05, 4.69) is 20.6 Å². The van der Waals surface area contributed by atoms with Crippen molar-refractivity contribution < 1.29 is 4.92 Å². The van der Waals surface area contributed by atoms with Gasteiger partial charge in [-0.15, -0.1) is 0 Å². The predicted octanol–water partition coefficient (Wildman–Crippen LogP) is 3.22. The first-order valence-electron chi connectivity index (χ1n) is 6.89. The lowest BCUT2D eigenvalue weighted by atomic mass is 10.2. The number of benzene rings is 1. The van der Waals surface area contributed by atoms with Gasteiger partial charge in [-0.1, -0.05) is 29.8 Å². The molecular formula is C14H14ClN5O2. The molecule has 1 aromatic carbocycles. The molecule has 2 N–H and O–H groups in total. The number of nitrogens with zero attached hydrogens (tertiary/aromatic N) is 3. The third-order valence-electron chi connectivity index (χ3n) is 3.28. The Morgan fingerprint density at radius 3 is 2.82 bits per heavy atom. The third kappa shape index (κ3) is 3.43. The van der Waals surface area contributed by atoms with Crippen molar-refractivity contribution in [2.45, 2.75) is 25.4 Å². The SMILES string of the molecule is O=[N+]([O-])c1cnc(NCc2ccccc2Cl)nc1NC1CC1. The van der Waals surface area contributed by atoms with Crippen LogP contribution in [-0.2, 0) is 6.54 Å². The lowest BCUT2D eigenvalue weighted by Gasteiger charge is -2.09. The van der Waals surface area contributed by atoms with E-state index >= 15 is 0 Å². The Morgan fingerprint density at radius 2 is 2.14 bits per heavy atom. The highest BCUT2D eigenvalue weighted by molar-refractivity contribution is 6.31. The second-order valence-electron chi connectivity index (χ2n) is 5.05. The molecule has 0 bridgehead atoms. The standard InChI is InChI=1S/C14H14ClN5O2/c15-11-4-2-1-3-9(11)7-16-14-17-8-12(20(21)22)13(19-14)18-10-5-6-10/h1-4,8,10H,5-7H2,(H2,16,17,18,19). The second kappa shape index (κ2) is 6.15. The zero-order chi connectivity index (χ0) is 15.5. The maximum atomic E-state index is 11.0. The summed E-state index contributed by atoms with van der Waals surface area (Å²) in [7, 11) is 0. The van der Waals surface area contributed by atoms with Crippen LogP contribution in [0.3, 0.4) is 0 Å². The van der Waals surface area contributed by atoms with Crippen LogP contribution in [0.25, 0.3) is 0 Å². The molecule has 7 nitrogen and oxygen atoms in total. The summed E-state index contributed by atoms with van der Waals surface area (Å²) in [5.74, 6) is 0.581. The summed E-state index contributed by atoms with van der Waals surface area (Å²) in [4.78, 5) is 18.7. The van der Waals surface area contributed by atoms with Gasteiger partial charge in [-0.2, -0.15) is 4.98 Å². The van der Waals surface area contributed by atoms with Crippen LogP contribution in [0, 0.1) is 10.1 Å². The van der Waals surface area contributed by atoms with Crippen molar-refractivity contribution >= 4 is 29.1 Å². The Morgan fingerprint density at radius 1 is 1.36 bits per heavy atom. The fourth-order valence-electron chi connectivity index (χ4n) is 1.94. The average Bonchev–Trinajstić information content (AvgIpc) is 3.30. The van der Waals surface area contributed by atoms with Gasteiger partial charge in [-0.05, 0) is 24.5 Å². The van der Waals surface area contributed by atoms with E-state index in [0.717, 1.165) is 18.4 Å². The third-order valence-corrected chi connectivity index (χ3v) is 3.65. The molecule has 0 radical (unpaired) electrons. The van der Waals surface area contributed by atoms with Gasteiger partial charge in [-0.3, -0.25) is 10.1 Å². The Kier molecular flexibility index (Phi) is 4.06. The first-order chi connectivity index (χ1) is 10.6. The van der Waals surface area contributed by atoms with Gasteiger partial charge in [0.1, 0.15) is 6.20 Å². The number of nitro groups is 1. The molecule has 1 aliphatic carbocycles. The summed E-state index contributed by atoms with van der Waals surface area (Å²) in [6.45, 7) is 0.445. The second-order valence-corrected chi connectivity index (χ2v) is 5.46. The largest absolute Gasteiger partial charge is 0.361 e. The van der Waals surface area contributed by atoms with E-state index in [0.29, 0.717) is 17.5 Å². The van der Waals surface area contributed by atoms with Crippen LogP contribution in [-0.4, -0.2) is 20.9 Å². The molecule has 114 valence electrons. The minimum absolute atomic E-state index is 0.116. The van der Waals surface area contributed by atoms with Crippen LogP contribution in [0.4, 0.5) is 17.5 Å². The number of aromatic nitrogens is 2. The summed E-state index contributed by atoms with van der Waals surface area (Å²) in [5.41, 5.74) is 0.790. The fourth-order valence-corrected chi connectivity index (χ4v) is 2.14. The molecule has 1 aliphatic rings. The van der Waals surface area contributed by atoms with E-state index in [1.165, 1.54) is 6.20 Å². The highest BCUT2D eigenvalue weighted by Gasteiger charge is 2.26. The van der Waals surface area contributed by atoms with Gasteiger partial charge < -0.3 is 10.6 Å². The number of rotatable bonds is 6. The van der Waals surface area contributed by atoms with E-state index in [-0.39, 0.29) is 17.5 Å². The Bertz CT molecular complexity index is 705. The number of halogens is 1. The minimum Gasteiger partial charge on any atom is -0.361 e. The lowest BCUT2D eigenvalue weighted by Crippen LogP contribution is -2.10. The van der Waals surface area contributed by atoms with Crippen molar-refractivity contribution in [2.24, 2.45) is 0 Å². The first kappa shape index (κ1) is 14.5. The van der Waals surface area contributed by atoms with Gasteiger partial charge in [0.2, 0.25) is 11.8 Å². The van der Waals surface area contributed by atoms with Crippen molar-refractivity contribution in [1.29, 1.82) is 0 Å². The van der Waals surface area contributed by atoms with E-state index in [9.17, 15) is 10.1 Å². The Hall–Kier alpha value is -2.41. The van der Waals surface area contributed by atoms with Crippen molar-refractivity contribution in [1.82, 2.24) is 9.97 Å². The summed E-state index contributed by atoms with van der Waals surface area (Å²) < 4.78 is 0. The van der Waals surface area contributed by atoms with E-state index in [4.69, 9.17) is 11.6 Å². The smallest absolute Gasteiger partial charge is 0.329 e. The molecule has 0 atom stereocenters. The van der Waals surface area contributed by atoms with Crippen LogP contribution in [0.5, 0.6) is 0 Å². The molecule has 1 aromatic heterocycles. The molecule has 1 heterocycles. The molecule has 0 aliphatic heterocycles. The number of hydrogen-bond donors (Lipinski definition) is 2. The minimum atomic E-state index is -0.484.